The Labute approximate surface area is 189 Å². The largest absolute Gasteiger partial charge is 0.491 e. The zero-order chi connectivity index (χ0) is 24.8. The topological polar surface area (TPSA) is 103 Å². The van der Waals surface area contributed by atoms with Gasteiger partial charge in [0.1, 0.15) is 6.67 Å². The van der Waals surface area contributed by atoms with Crippen molar-refractivity contribution in [3.8, 4) is 5.69 Å². The number of aryl methyl sites for hydroxylation is 1. The fraction of sp³-hybridized carbons (Fsp3) is 0.400. The van der Waals surface area contributed by atoms with Crippen LogP contribution in [-0.4, -0.2) is 56.7 Å². The van der Waals surface area contributed by atoms with E-state index in [-0.39, 0.29) is 41.5 Å². The van der Waals surface area contributed by atoms with Crippen LogP contribution in [0.25, 0.3) is 16.9 Å². The Bertz CT molecular complexity index is 1380. The molecule has 3 aromatic rings. The summed E-state index contributed by atoms with van der Waals surface area (Å²) in [5, 5.41) is 2.84. The van der Waals surface area contributed by atoms with Crippen LogP contribution in [0.3, 0.4) is 0 Å². The lowest BCUT2D eigenvalue weighted by Gasteiger charge is -2.36. The number of halogens is 4. The van der Waals surface area contributed by atoms with E-state index in [1.165, 1.54) is 35.7 Å². The number of nitrogens with zero attached hydrogens (tertiary/aromatic N) is 5. The third kappa shape index (κ3) is 3.83. The van der Waals surface area contributed by atoms with Gasteiger partial charge in [0, 0.05) is 32.7 Å². The minimum Gasteiger partial charge on any atom is -0.433 e. The molecule has 1 aromatic carbocycles. The monoisotopic (exact) mass is 484 g/mol. The van der Waals surface area contributed by atoms with Gasteiger partial charge in [-0.3, -0.25) is 18.5 Å². The number of fused-ring (bicyclic) bond motifs is 1. The SMILES string of the molecule is Cn1c(=O)c2c(nc(N3CCNCC3OC(=O)C(F)(F)F)n2-c2ccccc2CF)n(C)c1=O. The minimum atomic E-state index is -5.22. The number of esters is 1. The van der Waals surface area contributed by atoms with Crippen LogP contribution in [0, 0.1) is 0 Å². The van der Waals surface area contributed by atoms with E-state index in [4.69, 9.17) is 4.74 Å². The van der Waals surface area contributed by atoms with Crippen molar-refractivity contribution in [1.82, 2.24) is 24.0 Å². The van der Waals surface area contributed by atoms with E-state index in [0.29, 0.717) is 6.54 Å². The van der Waals surface area contributed by atoms with Gasteiger partial charge < -0.3 is 15.0 Å². The molecule has 0 amide bonds. The van der Waals surface area contributed by atoms with Gasteiger partial charge in [-0.05, 0) is 6.07 Å². The molecule has 0 bridgehead atoms. The van der Waals surface area contributed by atoms with Crippen LogP contribution in [0.5, 0.6) is 0 Å². The first kappa shape index (κ1) is 23.5. The molecule has 10 nitrogen and oxygen atoms in total. The first-order valence-corrected chi connectivity index (χ1v) is 10.1. The van der Waals surface area contributed by atoms with Crippen molar-refractivity contribution in [3.05, 3.63) is 50.7 Å². The first-order valence-electron chi connectivity index (χ1n) is 10.1. The number of rotatable bonds is 4. The van der Waals surface area contributed by atoms with E-state index in [9.17, 15) is 31.9 Å². The van der Waals surface area contributed by atoms with E-state index in [0.717, 1.165) is 9.13 Å². The normalized spacial score (nSPS) is 16.8. The highest BCUT2D eigenvalue weighted by molar-refractivity contribution is 5.79. The van der Waals surface area contributed by atoms with Gasteiger partial charge in [-0.15, -0.1) is 0 Å². The van der Waals surface area contributed by atoms with Gasteiger partial charge in [-0.1, -0.05) is 18.2 Å². The van der Waals surface area contributed by atoms with Crippen LogP contribution >= 0.6 is 0 Å². The van der Waals surface area contributed by atoms with Crippen LogP contribution in [0.15, 0.2) is 33.9 Å². The predicted octanol–water partition coefficient (Wildman–Crippen LogP) is 0.734. The highest BCUT2D eigenvalue weighted by atomic mass is 19.4. The van der Waals surface area contributed by atoms with E-state index >= 15 is 0 Å². The van der Waals surface area contributed by atoms with Crippen LogP contribution in [0.1, 0.15) is 5.56 Å². The molecule has 1 fully saturated rings. The van der Waals surface area contributed by atoms with Gasteiger partial charge in [-0.25, -0.2) is 14.0 Å². The summed E-state index contributed by atoms with van der Waals surface area (Å²) in [6.07, 6.45) is -6.65. The number of imidazole rings is 1. The Morgan fingerprint density at radius 3 is 2.59 bits per heavy atom. The summed E-state index contributed by atoms with van der Waals surface area (Å²) >= 11 is 0. The smallest absolute Gasteiger partial charge is 0.433 e. The molecule has 34 heavy (non-hydrogen) atoms. The number of ether oxygens (including phenoxy) is 1. The number of aromatic nitrogens is 4. The number of hydrogen-bond acceptors (Lipinski definition) is 7. The number of alkyl halides is 4. The molecule has 0 aliphatic carbocycles. The molecule has 1 saturated heterocycles. The summed E-state index contributed by atoms with van der Waals surface area (Å²) in [6.45, 7) is -0.724. The molecule has 1 aliphatic heterocycles. The van der Waals surface area contributed by atoms with Crippen molar-refractivity contribution in [1.29, 1.82) is 0 Å². The Morgan fingerprint density at radius 2 is 1.91 bits per heavy atom. The van der Waals surface area contributed by atoms with Crippen LogP contribution < -0.4 is 21.5 Å². The number of carbonyl (C=O) groups is 1. The second-order valence-corrected chi connectivity index (χ2v) is 7.64. The second kappa shape index (κ2) is 8.59. The molecule has 3 heterocycles. The molecule has 0 saturated carbocycles. The van der Waals surface area contributed by atoms with E-state index in [1.54, 1.807) is 12.1 Å². The summed E-state index contributed by atoms with van der Waals surface area (Å²) in [7, 11) is 2.64. The molecule has 1 aliphatic rings. The molecule has 0 spiro atoms. The average molecular weight is 484 g/mol. The fourth-order valence-electron chi connectivity index (χ4n) is 3.85. The van der Waals surface area contributed by atoms with E-state index in [1.807, 2.05) is 0 Å². The average Bonchev–Trinajstić information content (AvgIpc) is 3.21. The van der Waals surface area contributed by atoms with Gasteiger partial charge in [0.25, 0.3) is 5.56 Å². The van der Waals surface area contributed by atoms with Crippen molar-refractivity contribution >= 4 is 23.1 Å². The van der Waals surface area contributed by atoms with Crippen molar-refractivity contribution in [2.75, 3.05) is 24.5 Å². The molecule has 1 atom stereocenters. The predicted molar refractivity (Wildman–Crippen MR) is 113 cm³/mol. The number of benzene rings is 1. The quantitative estimate of drug-likeness (QED) is 0.430. The molecule has 0 radical (unpaired) electrons. The standard InChI is InChI=1S/C20H20F4N6O4/c1-27-15-14(16(31)28(2)19(27)33)30(12-6-4-3-5-11(12)9-21)18(26-15)29-8-7-25-10-13(29)34-17(32)20(22,23)24/h3-6,13,25H,7-10H2,1-2H3. The molecule has 1 unspecified atom stereocenters. The van der Waals surface area contributed by atoms with Crippen molar-refractivity contribution in [2.45, 2.75) is 19.1 Å². The van der Waals surface area contributed by atoms with Gasteiger partial charge in [0.15, 0.2) is 17.4 Å². The minimum absolute atomic E-state index is 0.0468. The van der Waals surface area contributed by atoms with Crippen LogP contribution in [0.4, 0.5) is 23.5 Å². The maximum absolute atomic E-state index is 13.9. The summed E-state index contributed by atoms with van der Waals surface area (Å²) < 4.78 is 60.4. The van der Waals surface area contributed by atoms with Crippen LogP contribution in [-0.2, 0) is 30.3 Å². The lowest BCUT2D eigenvalue weighted by atomic mass is 10.2. The number of carbonyl (C=O) groups excluding carboxylic acids is 1. The summed E-state index contributed by atoms with van der Waals surface area (Å²) in [5.41, 5.74) is -1.16. The second-order valence-electron chi connectivity index (χ2n) is 7.64. The Balaban J connectivity index is 2.01. The Kier molecular flexibility index (Phi) is 5.93. The zero-order valence-corrected chi connectivity index (χ0v) is 18.1. The molecule has 182 valence electrons. The highest BCUT2D eigenvalue weighted by Gasteiger charge is 2.44. The van der Waals surface area contributed by atoms with Crippen molar-refractivity contribution in [2.24, 2.45) is 14.1 Å². The number of hydrogen-bond donors (Lipinski definition) is 1. The van der Waals surface area contributed by atoms with Crippen molar-refractivity contribution in [3.63, 3.8) is 0 Å². The van der Waals surface area contributed by atoms with Gasteiger partial charge in [0.2, 0.25) is 5.95 Å². The lowest BCUT2D eigenvalue weighted by molar-refractivity contribution is -0.205. The molecule has 4 rings (SSSR count). The van der Waals surface area contributed by atoms with Gasteiger partial charge >= 0.3 is 17.8 Å². The summed E-state index contributed by atoms with van der Waals surface area (Å²) in [5.74, 6) is -2.46. The Morgan fingerprint density at radius 1 is 1.21 bits per heavy atom. The molecule has 14 heteroatoms. The first-order chi connectivity index (χ1) is 16.1. The van der Waals surface area contributed by atoms with Crippen LogP contribution in [0.2, 0.25) is 0 Å². The van der Waals surface area contributed by atoms with E-state index in [2.05, 4.69) is 10.3 Å². The molecular weight excluding hydrogens is 464 g/mol. The molecule has 2 aromatic heterocycles. The van der Waals surface area contributed by atoms with Crippen molar-refractivity contribution < 1.29 is 27.1 Å². The third-order valence-corrected chi connectivity index (χ3v) is 5.54. The molecule has 1 N–H and O–H groups in total. The number of piperazine rings is 1. The summed E-state index contributed by atoms with van der Waals surface area (Å²) in [6, 6.07) is 6.18. The third-order valence-electron chi connectivity index (χ3n) is 5.54. The van der Waals surface area contributed by atoms with Gasteiger partial charge in [-0.2, -0.15) is 18.2 Å². The number of nitrogens with one attached hydrogen (secondary N) is 1. The zero-order valence-electron chi connectivity index (χ0n) is 18.1. The van der Waals surface area contributed by atoms with Gasteiger partial charge in [0.05, 0.1) is 12.2 Å². The highest BCUT2D eigenvalue weighted by Crippen LogP contribution is 2.30. The number of anilines is 1. The maximum atomic E-state index is 13.9. The Hall–Kier alpha value is -3.68. The fourth-order valence-corrected chi connectivity index (χ4v) is 3.85. The number of para-hydroxylation sites is 1. The summed E-state index contributed by atoms with van der Waals surface area (Å²) in [4.78, 5) is 42.8. The molecular formula is C20H20F4N6O4. The lowest BCUT2D eigenvalue weighted by Crippen LogP contribution is -2.55. The van der Waals surface area contributed by atoms with E-state index < -0.39 is 36.3 Å². The maximum Gasteiger partial charge on any atom is 0.491 e.